The summed E-state index contributed by atoms with van der Waals surface area (Å²) in [5, 5.41) is 0.832. The second kappa shape index (κ2) is 4.34. The average Bonchev–Trinajstić information content (AvgIpc) is 2.58. The van der Waals surface area contributed by atoms with Crippen molar-refractivity contribution < 1.29 is 4.79 Å². The van der Waals surface area contributed by atoms with Crippen molar-refractivity contribution in [1.82, 2.24) is 0 Å². The molecule has 0 unspecified atom stereocenters. The number of anilines is 1. The first-order valence-corrected chi connectivity index (χ1v) is 6.33. The summed E-state index contributed by atoms with van der Waals surface area (Å²) in [6.45, 7) is 8.20. The largest absolute Gasteiger partial charge is 0.275 e. The van der Waals surface area contributed by atoms with Crippen LogP contribution in [0.3, 0.4) is 0 Å². The molecule has 1 heterocycles. The molecule has 1 aromatic carbocycles. The molecule has 0 atom stereocenters. The summed E-state index contributed by atoms with van der Waals surface area (Å²) in [6.07, 6.45) is 0. The van der Waals surface area contributed by atoms with Crippen LogP contribution in [0.5, 0.6) is 0 Å². The summed E-state index contributed by atoms with van der Waals surface area (Å²) in [5.41, 5.74) is 2.18. The summed E-state index contributed by atoms with van der Waals surface area (Å²) >= 11 is 1.51. The van der Waals surface area contributed by atoms with Crippen molar-refractivity contribution in [3.8, 4) is 0 Å². The molecule has 0 bridgehead atoms. The van der Waals surface area contributed by atoms with E-state index in [4.69, 9.17) is 0 Å². The Kier molecular flexibility index (Phi) is 3.06. The maximum atomic E-state index is 11.8. The number of hydrogen-bond donors (Lipinski definition) is 0. The van der Waals surface area contributed by atoms with Crippen molar-refractivity contribution in [3.05, 3.63) is 41.4 Å². The van der Waals surface area contributed by atoms with Crippen molar-refractivity contribution in [2.75, 3.05) is 10.7 Å². The molecular formula is C13H15NOS. The molecule has 1 aromatic rings. The van der Waals surface area contributed by atoms with Crippen LogP contribution in [-0.4, -0.2) is 11.7 Å². The number of benzene rings is 1. The van der Waals surface area contributed by atoms with Gasteiger partial charge in [-0.3, -0.25) is 9.69 Å². The standard InChI is InChI=1S/C13H15NOS/c1-9(2)11-6-4-5-7-12(11)14-10(3)16-8-13(14)15/h4-7,9H,3,8H2,1-2H3. The van der Waals surface area contributed by atoms with Gasteiger partial charge in [-0.2, -0.15) is 0 Å². The van der Waals surface area contributed by atoms with Gasteiger partial charge in [-0.15, -0.1) is 0 Å². The topological polar surface area (TPSA) is 20.3 Å². The quantitative estimate of drug-likeness (QED) is 0.780. The highest BCUT2D eigenvalue weighted by atomic mass is 32.2. The molecular weight excluding hydrogens is 218 g/mol. The average molecular weight is 233 g/mol. The van der Waals surface area contributed by atoms with E-state index in [1.807, 2.05) is 18.2 Å². The monoisotopic (exact) mass is 233 g/mol. The first-order valence-electron chi connectivity index (χ1n) is 5.35. The number of hydrogen-bond acceptors (Lipinski definition) is 2. The molecule has 1 amide bonds. The fourth-order valence-corrected chi connectivity index (χ4v) is 2.61. The van der Waals surface area contributed by atoms with Crippen molar-refractivity contribution in [2.45, 2.75) is 19.8 Å². The summed E-state index contributed by atoms with van der Waals surface area (Å²) in [7, 11) is 0. The molecule has 0 spiro atoms. The minimum absolute atomic E-state index is 0.128. The number of nitrogens with zero attached hydrogens (tertiary/aromatic N) is 1. The summed E-state index contributed by atoms with van der Waals surface area (Å²) in [6, 6.07) is 8.04. The minimum Gasteiger partial charge on any atom is -0.275 e. The first-order chi connectivity index (χ1) is 7.61. The molecule has 1 aliphatic heterocycles. The van der Waals surface area contributed by atoms with E-state index in [9.17, 15) is 4.79 Å². The normalized spacial score (nSPS) is 16.3. The van der Waals surface area contributed by atoms with Crippen LogP contribution in [0, 0.1) is 0 Å². The van der Waals surface area contributed by atoms with E-state index in [-0.39, 0.29) is 5.91 Å². The third-order valence-electron chi connectivity index (χ3n) is 2.66. The summed E-state index contributed by atoms with van der Waals surface area (Å²) in [4.78, 5) is 13.5. The van der Waals surface area contributed by atoms with Gasteiger partial charge in [-0.05, 0) is 17.5 Å². The Balaban J connectivity index is 2.47. The molecule has 16 heavy (non-hydrogen) atoms. The van der Waals surface area contributed by atoms with Gasteiger partial charge in [0.05, 0.1) is 16.5 Å². The van der Waals surface area contributed by atoms with E-state index in [1.54, 1.807) is 4.90 Å². The fraction of sp³-hybridized carbons (Fsp3) is 0.308. The highest BCUT2D eigenvalue weighted by Gasteiger charge is 2.28. The maximum absolute atomic E-state index is 11.8. The Labute approximate surface area is 100 Å². The molecule has 1 fully saturated rings. The molecule has 1 saturated heterocycles. The Hall–Kier alpha value is -1.22. The number of amides is 1. The predicted octanol–water partition coefficient (Wildman–Crippen LogP) is 3.36. The molecule has 3 heteroatoms. The van der Waals surface area contributed by atoms with E-state index in [0.717, 1.165) is 10.7 Å². The number of rotatable bonds is 2. The van der Waals surface area contributed by atoms with E-state index >= 15 is 0 Å². The zero-order chi connectivity index (χ0) is 11.7. The van der Waals surface area contributed by atoms with Crippen LogP contribution < -0.4 is 4.90 Å². The zero-order valence-corrected chi connectivity index (χ0v) is 10.4. The van der Waals surface area contributed by atoms with Crippen LogP contribution in [0.1, 0.15) is 25.3 Å². The molecule has 0 saturated carbocycles. The maximum Gasteiger partial charge on any atom is 0.242 e. The Morgan fingerprint density at radius 1 is 1.38 bits per heavy atom. The van der Waals surface area contributed by atoms with E-state index in [0.29, 0.717) is 11.7 Å². The van der Waals surface area contributed by atoms with Gasteiger partial charge < -0.3 is 0 Å². The van der Waals surface area contributed by atoms with Crippen LogP contribution in [0.2, 0.25) is 0 Å². The lowest BCUT2D eigenvalue weighted by atomic mass is 10.0. The Bertz CT molecular complexity index is 423. The van der Waals surface area contributed by atoms with Gasteiger partial charge in [-0.25, -0.2) is 0 Å². The van der Waals surface area contributed by atoms with Gasteiger partial charge in [0, 0.05) is 0 Å². The number of carbonyl (C=O) groups excluding carboxylic acids is 1. The molecule has 0 radical (unpaired) electrons. The predicted molar refractivity (Wildman–Crippen MR) is 69.6 cm³/mol. The van der Waals surface area contributed by atoms with Gasteiger partial charge in [0.1, 0.15) is 0 Å². The lowest BCUT2D eigenvalue weighted by Crippen LogP contribution is -2.24. The van der Waals surface area contributed by atoms with Crippen LogP contribution in [0.4, 0.5) is 5.69 Å². The van der Waals surface area contributed by atoms with Gasteiger partial charge >= 0.3 is 0 Å². The van der Waals surface area contributed by atoms with Crippen LogP contribution in [0.25, 0.3) is 0 Å². The molecule has 2 nitrogen and oxygen atoms in total. The second-order valence-electron chi connectivity index (χ2n) is 4.13. The van der Waals surface area contributed by atoms with Crippen LogP contribution in [-0.2, 0) is 4.79 Å². The highest BCUT2D eigenvalue weighted by molar-refractivity contribution is 8.04. The molecule has 0 aromatic heterocycles. The van der Waals surface area contributed by atoms with E-state index in [2.05, 4.69) is 26.5 Å². The summed E-state index contributed by atoms with van der Waals surface area (Å²) in [5.74, 6) is 1.04. The van der Waals surface area contributed by atoms with E-state index < -0.39 is 0 Å². The Morgan fingerprint density at radius 2 is 2.06 bits per heavy atom. The third-order valence-corrected chi connectivity index (χ3v) is 3.57. The number of para-hydroxylation sites is 1. The number of thioether (sulfide) groups is 1. The molecule has 84 valence electrons. The zero-order valence-electron chi connectivity index (χ0n) is 9.56. The van der Waals surface area contributed by atoms with Crippen molar-refractivity contribution in [3.63, 3.8) is 0 Å². The van der Waals surface area contributed by atoms with E-state index in [1.165, 1.54) is 17.3 Å². The SMILES string of the molecule is C=C1SCC(=O)N1c1ccccc1C(C)C. The van der Waals surface area contributed by atoms with Crippen molar-refractivity contribution in [2.24, 2.45) is 0 Å². The van der Waals surface area contributed by atoms with Gasteiger partial charge in [0.2, 0.25) is 5.91 Å². The number of carbonyl (C=O) groups is 1. The smallest absolute Gasteiger partial charge is 0.242 e. The summed E-state index contributed by atoms with van der Waals surface area (Å²) < 4.78 is 0. The van der Waals surface area contributed by atoms with Crippen LogP contribution >= 0.6 is 11.8 Å². The van der Waals surface area contributed by atoms with Crippen LogP contribution in [0.15, 0.2) is 35.9 Å². The molecule has 0 aliphatic carbocycles. The second-order valence-corrected chi connectivity index (χ2v) is 5.17. The van der Waals surface area contributed by atoms with Crippen molar-refractivity contribution in [1.29, 1.82) is 0 Å². The molecule has 0 N–H and O–H groups in total. The van der Waals surface area contributed by atoms with Crippen molar-refractivity contribution >= 4 is 23.4 Å². The lowest BCUT2D eigenvalue weighted by Gasteiger charge is -2.21. The van der Waals surface area contributed by atoms with Gasteiger partial charge in [0.25, 0.3) is 0 Å². The lowest BCUT2D eigenvalue weighted by molar-refractivity contribution is -0.115. The van der Waals surface area contributed by atoms with Gasteiger partial charge in [0.15, 0.2) is 0 Å². The third kappa shape index (κ3) is 1.87. The Morgan fingerprint density at radius 3 is 2.62 bits per heavy atom. The highest BCUT2D eigenvalue weighted by Crippen LogP contribution is 2.36. The first kappa shape index (κ1) is 11.3. The molecule has 1 aliphatic rings. The fourth-order valence-electron chi connectivity index (χ4n) is 1.86. The minimum atomic E-state index is 0.128. The molecule has 2 rings (SSSR count). The van der Waals surface area contributed by atoms with Gasteiger partial charge in [-0.1, -0.05) is 50.4 Å².